The molecule has 0 radical (unpaired) electrons. The van der Waals surface area contributed by atoms with Crippen molar-refractivity contribution in [2.24, 2.45) is 0 Å². The predicted molar refractivity (Wildman–Crippen MR) is 59.4 cm³/mol. The van der Waals surface area contributed by atoms with Gasteiger partial charge in [-0.05, 0) is 43.0 Å². The van der Waals surface area contributed by atoms with Crippen LogP contribution in [-0.4, -0.2) is 0 Å². The summed E-state index contributed by atoms with van der Waals surface area (Å²) in [5.41, 5.74) is 2.64. The minimum atomic E-state index is 0.867. The van der Waals surface area contributed by atoms with Crippen LogP contribution in [0.1, 0.15) is 37.3 Å². The molecule has 0 saturated heterocycles. The smallest absolute Gasteiger partial charge is 0.0411 e. The van der Waals surface area contributed by atoms with Crippen LogP contribution in [0.5, 0.6) is 0 Å². The SMILES string of the molecule is CCCCCc1cc(C)cc(Cl)c1. The van der Waals surface area contributed by atoms with Gasteiger partial charge < -0.3 is 0 Å². The predicted octanol–water partition coefficient (Wildman–Crippen LogP) is 4.38. The van der Waals surface area contributed by atoms with Crippen molar-refractivity contribution in [2.45, 2.75) is 39.5 Å². The van der Waals surface area contributed by atoms with Gasteiger partial charge in [0.15, 0.2) is 0 Å². The molecule has 0 saturated carbocycles. The highest BCUT2D eigenvalue weighted by molar-refractivity contribution is 6.30. The Labute approximate surface area is 85.9 Å². The normalized spacial score (nSPS) is 10.4. The molecule has 0 N–H and O–H groups in total. The molecule has 0 aliphatic carbocycles. The van der Waals surface area contributed by atoms with Crippen LogP contribution in [0.25, 0.3) is 0 Å². The molecule has 0 aromatic heterocycles. The van der Waals surface area contributed by atoms with Crippen LogP contribution in [0.15, 0.2) is 18.2 Å². The van der Waals surface area contributed by atoms with Gasteiger partial charge in [0.1, 0.15) is 0 Å². The number of aryl methyl sites for hydroxylation is 2. The lowest BCUT2D eigenvalue weighted by atomic mass is 10.1. The number of halogens is 1. The second kappa shape index (κ2) is 5.29. The first-order chi connectivity index (χ1) is 6.22. The molecular formula is C12H17Cl. The maximum Gasteiger partial charge on any atom is 0.0411 e. The fraction of sp³-hybridized carbons (Fsp3) is 0.500. The highest BCUT2D eigenvalue weighted by atomic mass is 35.5. The maximum absolute atomic E-state index is 5.96. The molecule has 1 aromatic carbocycles. The molecule has 0 spiro atoms. The highest BCUT2D eigenvalue weighted by Crippen LogP contribution is 2.16. The Hall–Kier alpha value is -0.490. The van der Waals surface area contributed by atoms with E-state index in [2.05, 4.69) is 26.0 Å². The van der Waals surface area contributed by atoms with E-state index in [4.69, 9.17) is 11.6 Å². The van der Waals surface area contributed by atoms with Gasteiger partial charge in [-0.3, -0.25) is 0 Å². The fourth-order valence-corrected chi connectivity index (χ4v) is 1.85. The van der Waals surface area contributed by atoms with Crippen molar-refractivity contribution < 1.29 is 0 Å². The van der Waals surface area contributed by atoms with E-state index in [1.165, 1.54) is 30.4 Å². The van der Waals surface area contributed by atoms with Gasteiger partial charge in [0, 0.05) is 5.02 Å². The molecule has 0 aliphatic heterocycles. The minimum Gasteiger partial charge on any atom is -0.0843 e. The average Bonchev–Trinajstić information content (AvgIpc) is 2.03. The van der Waals surface area contributed by atoms with E-state index in [1.807, 2.05) is 6.07 Å². The van der Waals surface area contributed by atoms with E-state index < -0.39 is 0 Å². The maximum atomic E-state index is 5.96. The minimum absolute atomic E-state index is 0.867. The number of rotatable bonds is 4. The van der Waals surface area contributed by atoms with Gasteiger partial charge in [-0.1, -0.05) is 37.4 Å². The van der Waals surface area contributed by atoms with Crippen molar-refractivity contribution in [1.82, 2.24) is 0 Å². The lowest BCUT2D eigenvalue weighted by Gasteiger charge is -2.03. The summed E-state index contributed by atoms with van der Waals surface area (Å²) in [7, 11) is 0. The number of hydrogen-bond acceptors (Lipinski definition) is 0. The zero-order valence-corrected chi connectivity index (χ0v) is 9.19. The van der Waals surface area contributed by atoms with Crippen LogP contribution in [0.3, 0.4) is 0 Å². The summed E-state index contributed by atoms with van der Waals surface area (Å²) in [4.78, 5) is 0. The van der Waals surface area contributed by atoms with Gasteiger partial charge >= 0.3 is 0 Å². The monoisotopic (exact) mass is 196 g/mol. The van der Waals surface area contributed by atoms with E-state index in [1.54, 1.807) is 0 Å². The Morgan fingerprint density at radius 2 is 1.92 bits per heavy atom. The van der Waals surface area contributed by atoms with E-state index in [9.17, 15) is 0 Å². The molecule has 1 rings (SSSR count). The van der Waals surface area contributed by atoms with E-state index in [0.717, 1.165) is 11.4 Å². The molecule has 0 unspecified atom stereocenters. The first-order valence-electron chi connectivity index (χ1n) is 4.98. The van der Waals surface area contributed by atoms with Crippen molar-refractivity contribution in [1.29, 1.82) is 0 Å². The summed E-state index contributed by atoms with van der Waals surface area (Å²) in [6.07, 6.45) is 5.02. The summed E-state index contributed by atoms with van der Waals surface area (Å²) >= 11 is 5.96. The van der Waals surface area contributed by atoms with Gasteiger partial charge in [-0.2, -0.15) is 0 Å². The van der Waals surface area contributed by atoms with Gasteiger partial charge in [-0.15, -0.1) is 0 Å². The van der Waals surface area contributed by atoms with Crippen molar-refractivity contribution in [2.75, 3.05) is 0 Å². The van der Waals surface area contributed by atoms with Crippen LogP contribution in [0.4, 0.5) is 0 Å². The number of unbranched alkanes of at least 4 members (excludes halogenated alkanes) is 2. The van der Waals surface area contributed by atoms with Crippen LogP contribution < -0.4 is 0 Å². The third kappa shape index (κ3) is 3.82. The molecule has 0 heterocycles. The second-order valence-electron chi connectivity index (χ2n) is 3.59. The lowest BCUT2D eigenvalue weighted by molar-refractivity contribution is 0.717. The van der Waals surface area contributed by atoms with Crippen molar-refractivity contribution in [3.63, 3.8) is 0 Å². The molecule has 0 nitrogen and oxygen atoms in total. The lowest BCUT2D eigenvalue weighted by Crippen LogP contribution is -1.86. The van der Waals surface area contributed by atoms with Gasteiger partial charge in [0.2, 0.25) is 0 Å². The summed E-state index contributed by atoms with van der Waals surface area (Å²) in [6, 6.07) is 6.30. The van der Waals surface area contributed by atoms with Crippen molar-refractivity contribution in [3.05, 3.63) is 34.3 Å². The fourth-order valence-electron chi connectivity index (χ4n) is 1.54. The molecule has 0 atom stereocenters. The van der Waals surface area contributed by atoms with E-state index in [0.29, 0.717) is 0 Å². The molecular weight excluding hydrogens is 180 g/mol. The Morgan fingerprint density at radius 1 is 1.15 bits per heavy atom. The Bertz CT molecular complexity index is 246. The Morgan fingerprint density at radius 3 is 2.54 bits per heavy atom. The summed E-state index contributed by atoms with van der Waals surface area (Å²) in [5.74, 6) is 0. The first-order valence-corrected chi connectivity index (χ1v) is 5.36. The molecule has 0 aliphatic rings. The Balaban J connectivity index is 2.56. The molecule has 13 heavy (non-hydrogen) atoms. The zero-order valence-electron chi connectivity index (χ0n) is 8.44. The highest BCUT2D eigenvalue weighted by Gasteiger charge is 1.96. The summed E-state index contributed by atoms with van der Waals surface area (Å²) < 4.78 is 0. The van der Waals surface area contributed by atoms with Gasteiger partial charge in [0.25, 0.3) is 0 Å². The third-order valence-electron chi connectivity index (χ3n) is 2.17. The largest absolute Gasteiger partial charge is 0.0843 e. The van der Waals surface area contributed by atoms with Crippen LogP contribution in [0.2, 0.25) is 5.02 Å². The van der Waals surface area contributed by atoms with Crippen molar-refractivity contribution in [3.8, 4) is 0 Å². The average molecular weight is 197 g/mol. The third-order valence-corrected chi connectivity index (χ3v) is 2.39. The summed E-state index contributed by atoms with van der Waals surface area (Å²) in [5, 5.41) is 0.867. The topological polar surface area (TPSA) is 0 Å². The number of hydrogen-bond donors (Lipinski definition) is 0. The van der Waals surface area contributed by atoms with Crippen LogP contribution in [0, 0.1) is 6.92 Å². The zero-order chi connectivity index (χ0) is 9.68. The molecule has 0 fully saturated rings. The molecule has 72 valence electrons. The molecule has 1 heteroatoms. The van der Waals surface area contributed by atoms with Crippen molar-refractivity contribution >= 4 is 11.6 Å². The molecule has 1 aromatic rings. The van der Waals surface area contributed by atoms with Crippen LogP contribution in [-0.2, 0) is 6.42 Å². The van der Waals surface area contributed by atoms with Crippen LogP contribution >= 0.6 is 11.6 Å². The van der Waals surface area contributed by atoms with Gasteiger partial charge in [-0.25, -0.2) is 0 Å². The number of benzene rings is 1. The van der Waals surface area contributed by atoms with E-state index in [-0.39, 0.29) is 0 Å². The van der Waals surface area contributed by atoms with E-state index >= 15 is 0 Å². The molecule has 0 bridgehead atoms. The van der Waals surface area contributed by atoms with Gasteiger partial charge in [0.05, 0.1) is 0 Å². The standard InChI is InChI=1S/C12H17Cl/c1-3-4-5-6-11-7-10(2)8-12(13)9-11/h7-9H,3-6H2,1-2H3. The first kappa shape index (κ1) is 10.6. The molecule has 0 amide bonds. The quantitative estimate of drug-likeness (QED) is 0.627. The Kier molecular flexibility index (Phi) is 4.31. The summed E-state index contributed by atoms with van der Waals surface area (Å²) in [6.45, 7) is 4.32. The second-order valence-corrected chi connectivity index (χ2v) is 4.03.